The maximum atomic E-state index is 13.2. The molecule has 2 heterocycles. The Kier molecular flexibility index (Phi) is 7.00. The number of amides is 3. The lowest BCUT2D eigenvalue weighted by Crippen LogP contribution is -2.57. The summed E-state index contributed by atoms with van der Waals surface area (Å²) in [4.78, 5) is 52.7. The standard InChI is InChI=1S/C20H33N3O6S/c1-11(22(7)18(28)29-19(2,3)4)15(24)21-12-8-9-30-13-10-20(5,6)14(17(26)27)23(13)16(12)25/h11-14H,8-10H2,1-7H3,(H,21,24)(H,26,27)/t11-,12-,13-,14+/m0/s1. The van der Waals surface area contributed by atoms with Gasteiger partial charge in [-0.1, -0.05) is 13.8 Å². The van der Waals surface area contributed by atoms with Crippen LogP contribution in [0.3, 0.4) is 0 Å². The molecule has 9 nitrogen and oxygen atoms in total. The Labute approximate surface area is 181 Å². The van der Waals surface area contributed by atoms with Crippen LogP contribution in [-0.2, 0) is 19.1 Å². The van der Waals surface area contributed by atoms with Gasteiger partial charge in [-0.3, -0.25) is 14.5 Å². The van der Waals surface area contributed by atoms with E-state index in [4.69, 9.17) is 4.74 Å². The van der Waals surface area contributed by atoms with Crippen molar-refractivity contribution in [1.82, 2.24) is 15.1 Å². The zero-order valence-corrected chi connectivity index (χ0v) is 19.5. The molecule has 4 atom stereocenters. The van der Waals surface area contributed by atoms with Crippen molar-refractivity contribution in [2.75, 3.05) is 12.8 Å². The number of carbonyl (C=O) groups excluding carboxylic acids is 3. The van der Waals surface area contributed by atoms with Crippen LogP contribution >= 0.6 is 11.8 Å². The van der Waals surface area contributed by atoms with E-state index in [-0.39, 0.29) is 11.3 Å². The van der Waals surface area contributed by atoms with Crippen molar-refractivity contribution in [2.24, 2.45) is 5.41 Å². The Hall–Kier alpha value is -1.97. The van der Waals surface area contributed by atoms with E-state index in [1.54, 1.807) is 39.5 Å². The van der Waals surface area contributed by atoms with E-state index >= 15 is 0 Å². The maximum Gasteiger partial charge on any atom is 0.410 e. The summed E-state index contributed by atoms with van der Waals surface area (Å²) in [5.41, 5.74) is -1.26. The summed E-state index contributed by atoms with van der Waals surface area (Å²) in [6.07, 6.45) is 0.344. The number of aliphatic carboxylic acids is 1. The number of hydrogen-bond acceptors (Lipinski definition) is 6. The van der Waals surface area contributed by atoms with Gasteiger partial charge in [-0.25, -0.2) is 9.59 Å². The molecule has 0 spiro atoms. The molecule has 10 heteroatoms. The third-order valence-corrected chi connectivity index (χ3v) is 6.74. The van der Waals surface area contributed by atoms with E-state index in [1.165, 1.54) is 16.8 Å². The number of carboxylic acids is 1. The fourth-order valence-electron chi connectivity index (χ4n) is 3.78. The molecule has 0 saturated carbocycles. The summed E-state index contributed by atoms with van der Waals surface area (Å²) in [5, 5.41) is 12.2. The van der Waals surface area contributed by atoms with Crippen LogP contribution in [-0.4, -0.2) is 80.7 Å². The van der Waals surface area contributed by atoms with E-state index in [0.717, 1.165) is 0 Å². The normalized spacial score (nSPS) is 27.0. The Balaban J connectivity index is 2.12. The molecule has 0 aromatic carbocycles. The quantitative estimate of drug-likeness (QED) is 0.682. The first-order valence-electron chi connectivity index (χ1n) is 10.1. The Morgan fingerprint density at radius 2 is 1.93 bits per heavy atom. The second-order valence-electron chi connectivity index (χ2n) is 9.62. The second-order valence-corrected chi connectivity index (χ2v) is 10.9. The lowest BCUT2D eigenvalue weighted by Gasteiger charge is -2.32. The highest BCUT2D eigenvalue weighted by Crippen LogP contribution is 2.46. The highest BCUT2D eigenvalue weighted by molar-refractivity contribution is 7.99. The van der Waals surface area contributed by atoms with Gasteiger partial charge in [0, 0.05) is 7.05 Å². The van der Waals surface area contributed by atoms with Crippen molar-refractivity contribution in [3.05, 3.63) is 0 Å². The smallest absolute Gasteiger partial charge is 0.410 e. The van der Waals surface area contributed by atoms with Gasteiger partial charge in [-0.05, 0) is 51.7 Å². The average molecular weight is 444 g/mol. The maximum absolute atomic E-state index is 13.2. The zero-order valence-electron chi connectivity index (χ0n) is 18.7. The number of thioether (sulfide) groups is 1. The van der Waals surface area contributed by atoms with Gasteiger partial charge in [0.2, 0.25) is 11.8 Å². The molecule has 2 aliphatic heterocycles. The van der Waals surface area contributed by atoms with Crippen LogP contribution in [0.15, 0.2) is 0 Å². The van der Waals surface area contributed by atoms with Crippen LogP contribution in [0.2, 0.25) is 0 Å². The predicted molar refractivity (Wildman–Crippen MR) is 113 cm³/mol. The molecule has 170 valence electrons. The number of carboxylic acid groups (broad SMARTS) is 1. The van der Waals surface area contributed by atoms with Gasteiger partial charge in [0.15, 0.2) is 0 Å². The van der Waals surface area contributed by atoms with Crippen LogP contribution in [0.5, 0.6) is 0 Å². The monoisotopic (exact) mass is 443 g/mol. The van der Waals surface area contributed by atoms with Gasteiger partial charge >= 0.3 is 12.1 Å². The van der Waals surface area contributed by atoms with E-state index in [1.807, 2.05) is 13.8 Å². The number of hydrogen-bond donors (Lipinski definition) is 2. The molecule has 3 amide bonds. The van der Waals surface area contributed by atoms with Crippen molar-refractivity contribution in [1.29, 1.82) is 0 Å². The molecule has 0 unspecified atom stereocenters. The molecule has 2 aliphatic rings. The second kappa shape index (κ2) is 8.64. The van der Waals surface area contributed by atoms with E-state index in [2.05, 4.69) is 5.32 Å². The van der Waals surface area contributed by atoms with E-state index in [9.17, 15) is 24.3 Å². The summed E-state index contributed by atoms with van der Waals surface area (Å²) in [5.74, 6) is -1.29. The molecule has 0 aromatic heterocycles. The van der Waals surface area contributed by atoms with Gasteiger partial charge in [-0.2, -0.15) is 0 Å². The number of nitrogens with one attached hydrogen (secondary N) is 1. The van der Waals surface area contributed by atoms with Crippen molar-refractivity contribution in [2.45, 2.75) is 83.5 Å². The van der Waals surface area contributed by atoms with Gasteiger partial charge in [0.25, 0.3) is 0 Å². The summed E-state index contributed by atoms with van der Waals surface area (Å²) < 4.78 is 5.29. The number of nitrogens with zero attached hydrogens (tertiary/aromatic N) is 2. The highest BCUT2D eigenvalue weighted by atomic mass is 32.2. The minimum Gasteiger partial charge on any atom is -0.480 e. The number of rotatable bonds is 4. The highest BCUT2D eigenvalue weighted by Gasteiger charge is 2.54. The first kappa shape index (κ1) is 24.3. The van der Waals surface area contributed by atoms with Gasteiger partial charge < -0.3 is 20.1 Å². The number of carbonyl (C=O) groups is 4. The molecule has 0 radical (unpaired) electrons. The SMILES string of the molecule is C[C@@H](C(=O)N[C@H]1CCS[C@H]2CC(C)(C)[C@@H](C(=O)O)N2C1=O)N(C)C(=O)OC(C)(C)C. The third-order valence-electron chi connectivity index (χ3n) is 5.49. The molecule has 0 aliphatic carbocycles. The Bertz CT molecular complexity index is 720. The molecule has 2 saturated heterocycles. The molecule has 2 fully saturated rings. The molecule has 0 bridgehead atoms. The van der Waals surface area contributed by atoms with Crippen LogP contribution < -0.4 is 5.32 Å². The Morgan fingerprint density at radius 1 is 1.33 bits per heavy atom. The van der Waals surface area contributed by atoms with Crippen LogP contribution in [0.1, 0.15) is 54.4 Å². The Morgan fingerprint density at radius 3 is 2.47 bits per heavy atom. The van der Waals surface area contributed by atoms with Crippen LogP contribution in [0.4, 0.5) is 4.79 Å². The molecule has 2 N–H and O–H groups in total. The summed E-state index contributed by atoms with van der Waals surface area (Å²) >= 11 is 1.54. The summed E-state index contributed by atoms with van der Waals surface area (Å²) in [6.45, 7) is 10.4. The lowest BCUT2D eigenvalue weighted by molar-refractivity contribution is -0.152. The molecule has 0 aromatic rings. The fraction of sp³-hybridized carbons (Fsp3) is 0.800. The van der Waals surface area contributed by atoms with Crippen molar-refractivity contribution >= 4 is 35.6 Å². The molecule has 30 heavy (non-hydrogen) atoms. The van der Waals surface area contributed by atoms with Crippen molar-refractivity contribution in [3.63, 3.8) is 0 Å². The van der Waals surface area contributed by atoms with Crippen molar-refractivity contribution < 1.29 is 29.0 Å². The third kappa shape index (κ3) is 5.19. The van der Waals surface area contributed by atoms with Gasteiger partial charge in [0.1, 0.15) is 23.7 Å². The number of fused-ring (bicyclic) bond motifs is 1. The topological polar surface area (TPSA) is 116 Å². The summed E-state index contributed by atoms with van der Waals surface area (Å²) in [6, 6.07) is -2.63. The van der Waals surface area contributed by atoms with Gasteiger partial charge in [0.05, 0.1) is 5.37 Å². The first-order chi connectivity index (χ1) is 13.7. The largest absolute Gasteiger partial charge is 0.480 e. The predicted octanol–water partition coefficient (Wildman–Crippen LogP) is 1.90. The molecular formula is C20H33N3O6S. The average Bonchev–Trinajstić information content (AvgIpc) is 2.79. The van der Waals surface area contributed by atoms with Crippen LogP contribution in [0.25, 0.3) is 0 Å². The zero-order chi connectivity index (χ0) is 23.0. The van der Waals surface area contributed by atoms with Crippen molar-refractivity contribution in [3.8, 4) is 0 Å². The van der Waals surface area contributed by atoms with E-state index < -0.39 is 47.1 Å². The minimum absolute atomic E-state index is 0.225. The lowest BCUT2D eigenvalue weighted by atomic mass is 9.84. The number of ether oxygens (including phenoxy) is 1. The summed E-state index contributed by atoms with van der Waals surface area (Å²) in [7, 11) is 1.46. The minimum atomic E-state index is -1.04. The van der Waals surface area contributed by atoms with E-state index in [0.29, 0.717) is 18.6 Å². The number of likely N-dealkylation sites (N-methyl/N-ethyl adjacent to an activating group) is 1. The molecule has 2 rings (SSSR count). The fourth-order valence-corrected chi connectivity index (χ4v) is 5.36. The first-order valence-corrected chi connectivity index (χ1v) is 11.1. The van der Waals surface area contributed by atoms with Crippen LogP contribution in [0, 0.1) is 5.41 Å². The molecular weight excluding hydrogens is 410 g/mol. The van der Waals surface area contributed by atoms with Gasteiger partial charge in [-0.15, -0.1) is 11.8 Å².